The zero-order valence-corrected chi connectivity index (χ0v) is 15.0. The third kappa shape index (κ3) is 6.08. The Hall–Kier alpha value is -0.160. The summed E-state index contributed by atoms with van der Waals surface area (Å²) in [7, 11) is 0. The molecule has 0 aliphatic heterocycles. The van der Waals surface area contributed by atoms with E-state index in [-0.39, 0.29) is 11.2 Å². The second-order valence-corrected chi connectivity index (χ2v) is 7.34. The molecule has 0 spiro atoms. The average molecular weight is 290 g/mol. The van der Waals surface area contributed by atoms with Gasteiger partial charge in [-0.15, -0.1) is 0 Å². The maximum Gasteiger partial charge on any atom is 0.231 e. The van der Waals surface area contributed by atoms with Gasteiger partial charge in [0.1, 0.15) is 11.2 Å². The highest BCUT2D eigenvalue weighted by Crippen LogP contribution is 2.29. The molecule has 0 fully saturated rings. The van der Waals surface area contributed by atoms with Crippen molar-refractivity contribution in [1.82, 2.24) is 0 Å². The van der Waals surface area contributed by atoms with Crippen molar-refractivity contribution in [2.24, 2.45) is 11.8 Å². The Morgan fingerprint density at radius 3 is 1.15 bits per heavy atom. The van der Waals surface area contributed by atoms with E-state index in [0.717, 1.165) is 0 Å². The molecule has 122 valence electrons. The van der Waals surface area contributed by atoms with Gasteiger partial charge in [0.2, 0.25) is 5.79 Å². The van der Waals surface area contributed by atoms with Crippen molar-refractivity contribution in [3.05, 3.63) is 0 Å². The molecule has 0 aromatic carbocycles. The van der Waals surface area contributed by atoms with Gasteiger partial charge in [-0.3, -0.25) is 0 Å². The number of rotatable bonds is 9. The van der Waals surface area contributed by atoms with Crippen LogP contribution in [0.4, 0.5) is 0 Å². The summed E-state index contributed by atoms with van der Waals surface area (Å²) in [5, 5.41) is 0. The minimum Gasteiger partial charge on any atom is -0.227 e. The normalized spacial score (nSPS) is 14.4. The smallest absolute Gasteiger partial charge is 0.227 e. The minimum atomic E-state index is -0.918. The minimum absolute atomic E-state index is 0.330. The molecule has 0 heterocycles. The molecule has 0 rings (SSSR count). The van der Waals surface area contributed by atoms with Crippen molar-refractivity contribution in [3.8, 4) is 0 Å². The van der Waals surface area contributed by atoms with Crippen molar-refractivity contribution in [2.75, 3.05) is 0 Å². The Labute approximate surface area is 125 Å². The summed E-state index contributed by atoms with van der Waals surface area (Å²) in [5.41, 5.74) is -0.763. The average Bonchev–Trinajstić information content (AvgIpc) is 2.34. The summed E-state index contributed by atoms with van der Waals surface area (Å²) in [5.74, 6) is -0.258. The molecular weight excluding hydrogens is 256 g/mol. The summed E-state index contributed by atoms with van der Waals surface area (Å²) < 4.78 is 0. The Morgan fingerprint density at radius 1 is 0.650 bits per heavy atom. The van der Waals surface area contributed by atoms with Crippen LogP contribution in [0.15, 0.2) is 0 Å². The van der Waals surface area contributed by atoms with E-state index in [1.165, 1.54) is 0 Å². The van der Waals surface area contributed by atoms with Gasteiger partial charge in [-0.1, -0.05) is 34.6 Å². The van der Waals surface area contributed by atoms with Crippen LogP contribution in [0.25, 0.3) is 0 Å². The van der Waals surface area contributed by atoms with E-state index in [1.807, 2.05) is 41.5 Å². The molecule has 0 saturated heterocycles. The first-order valence-corrected chi connectivity index (χ1v) is 7.60. The summed E-state index contributed by atoms with van der Waals surface area (Å²) in [6, 6.07) is 0. The van der Waals surface area contributed by atoms with Gasteiger partial charge in [0.15, 0.2) is 0 Å². The van der Waals surface area contributed by atoms with Crippen molar-refractivity contribution >= 4 is 0 Å². The van der Waals surface area contributed by atoms with Crippen LogP contribution in [0.3, 0.4) is 0 Å². The Morgan fingerprint density at radius 2 is 0.950 bits per heavy atom. The van der Waals surface area contributed by atoms with E-state index in [0.29, 0.717) is 18.3 Å². The number of hydrogen-bond acceptors (Lipinski definition) is 4. The molecule has 0 atom stereocenters. The molecule has 20 heavy (non-hydrogen) atoms. The van der Waals surface area contributed by atoms with Crippen molar-refractivity contribution in [1.29, 1.82) is 0 Å². The van der Waals surface area contributed by atoms with Crippen LogP contribution >= 0.6 is 0 Å². The van der Waals surface area contributed by atoms with Gasteiger partial charge in [0, 0.05) is 6.42 Å². The Balaban J connectivity index is 4.56. The highest BCUT2D eigenvalue weighted by Gasteiger charge is 2.35. The lowest BCUT2D eigenvalue weighted by Gasteiger charge is -2.36. The Kier molecular flexibility index (Phi) is 7.15. The first-order chi connectivity index (χ1) is 8.86. The van der Waals surface area contributed by atoms with Gasteiger partial charge in [0.05, 0.1) is 0 Å². The summed E-state index contributed by atoms with van der Waals surface area (Å²) in [6.07, 6.45) is 0.620. The lowest BCUT2D eigenvalue weighted by Crippen LogP contribution is -2.42. The monoisotopic (exact) mass is 290 g/mol. The highest BCUT2D eigenvalue weighted by molar-refractivity contribution is 4.72. The standard InChI is InChI=1S/C16H34O4/c1-11-16(10,19-17-14(6,7)12(2)3)20-18-15(8,9)13(4)5/h12-13H,11H2,1-10H3. The lowest BCUT2D eigenvalue weighted by atomic mass is 9.95. The molecular formula is C16H34O4. The molecule has 0 aromatic rings. The molecule has 4 heteroatoms. The molecule has 0 aliphatic rings. The third-order valence-electron chi connectivity index (χ3n) is 4.29. The van der Waals surface area contributed by atoms with Crippen molar-refractivity contribution in [3.63, 3.8) is 0 Å². The first-order valence-electron chi connectivity index (χ1n) is 7.60. The maximum atomic E-state index is 5.57. The Bertz CT molecular complexity index is 258. The van der Waals surface area contributed by atoms with E-state index in [1.54, 1.807) is 0 Å². The summed E-state index contributed by atoms with van der Waals surface area (Å²) in [4.78, 5) is 22.2. The molecule has 0 saturated carbocycles. The second-order valence-electron chi connectivity index (χ2n) is 7.34. The molecule has 0 aromatic heterocycles. The van der Waals surface area contributed by atoms with Crippen LogP contribution < -0.4 is 0 Å². The fourth-order valence-electron chi connectivity index (χ4n) is 0.715. The van der Waals surface area contributed by atoms with E-state index >= 15 is 0 Å². The predicted molar refractivity (Wildman–Crippen MR) is 80.9 cm³/mol. The summed E-state index contributed by atoms with van der Waals surface area (Å²) in [6.45, 7) is 20.1. The summed E-state index contributed by atoms with van der Waals surface area (Å²) >= 11 is 0. The molecule has 0 amide bonds. The van der Waals surface area contributed by atoms with Crippen LogP contribution in [0.2, 0.25) is 0 Å². The largest absolute Gasteiger partial charge is 0.231 e. The second kappa shape index (κ2) is 7.21. The van der Waals surface area contributed by atoms with Gasteiger partial charge < -0.3 is 0 Å². The van der Waals surface area contributed by atoms with Crippen LogP contribution in [-0.4, -0.2) is 17.0 Å². The van der Waals surface area contributed by atoms with Crippen LogP contribution in [0.1, 0.15) is 75.7 Å². The highest BCUT2D eigenvalue weighted by atomic mass is 17.3. The van der Waals surface area contributed by atoms with Crippen LogP contribution in [-0.2, 0) is 19.6 Å². The third-order valence-corrected chi connectivity index (χ3v) is 4.29. The predicted octanol–water partition coefficient (Wildman–Crippen LogP) is 4.88. The van der Waals surface area contributed by atoms with Crippen molar-refractivity contribution in [2.45, 2.75) is 92.6 Å². The molecule has 0 unspecified atom stereocenters. The van der Waals surface area contributed by atoms with Gasteiger partial charge in [-0.2, -0.15) is 9.78 Å². The fraction of sp³-hybridized carbons (Fsp3) is 1.00. The van der Waals surface area contributed by atoms with Crippen LogP contribution in [0, 0.1) is 11.8 Å². The molecule has 0 radical (unpaired) electrons. The van der Waals surface area contributed by atoms with E-state index in [4.69, 9.17) is 19.6 Å². The molecule has 0 bridgehead atoms. The molecule has 4 nitrogen and oxygen atoms in total. The van der Waals surface area contributed by atoms with Gasteiger partial charge in [-0.05, 0) is 46.5 Å². The zero-order valence-electron chi connectivity index (χ0n) is 15.0. The van der Waals surface area contributed by atoms with Crippen LogP contribution in [0.5, 0.6) is 0 Å². The maximum absolute atomic E-state index is 5.57. The van der Waals surface area contributed by atoms with Gasteiger partial charge in [0.25, 0.3) is 0 Å². The van der Waals surface area contributed by atoms with Gasteiger partial charge in [-0.25, -0.2) is 9.78 Å². The molecule has 0 aliphatic carbocycles. The molecule has 0 N–H and O–H groups in total. The first kappa shape index (κ1) is 19.8. The van der Waals surface area contributed by atoms with Gasteiger partial charge >= 0.3 is 0 Å². The number of hydrogen-bond donors (Lipinski definition) is 0. The van der Waals surface area contributed by atoms with E-state index in [2.05, 4.69) is 27.7 Å². The van der Waals surface area contributed by atoms with E-state index < -0.39 is 5.79 Å². The van der Waals surface area contributed by atoms with Crippen molar-refractivity contribution < 1.29 is 19.6 Å². The zero-order chi connectivity index (χ0) is 16.2. The topological polar surface area (TPSA) is 36.9 Å². The fourth-order valence-corrected chi connectivity index (χ4v) is 0.715. The lowest BCUT2D eigenvalue weighted by molar-refractivity contribution is -0.543. The quantitative estimate of drug-likeness (QED) is 0.344. The van der Waals surface area contributed by atoms with E-state index in [9.17, 15) is 0 Å². The SMILES string of the molecule is CCC(C)(OOC(C)(C)C(C)C)OOC(C)(C)C(C)C.